The van der Waals surface area contributed by atoms with Crippen molar-refractivity contribution in [2.24, 2.45) is 0 Å². The number of nitrogens with zero attached hydrogens (tertiary/aromatic N) is 2. The summed E-state index contributed by atoms with van der Waals surface area (Å²) in [5.41, 5.74) is 8.93. The van der Waals surface area contributed by atoms with Gasteiger partial charge in [0.2, 0.25) is 5.75 Å². The van der Waals surface area contributed by atoms with E-state index in [1.807, 2.05) is 24.3 Å². The minimum absolute atomic E-state index is 0.265. The van der Waals surface area contributed by atoms with Crippen LogP contribution in [0, 0.1) is 0 Å². The highest BCUT2D eigenvalue weighted by molar-refractivity contribution is 6.12. The van der Waals surface area contributed by atoms with E-state index in [-0.39, 0.29) is 11.6 Å². The molecule has 0 atom stereocenters. The van der Waals surface area contributed by atoms with Crippen LogP contribution in [0.3, 0.4) is 0 Å². The Morgan fingerprint density at radius 2 is 1.59 bits per heavy atom. The van der Waals surface area contributed by atoms with Crippen LogP contribution in [0.25, 0.3) is 5.69 Å². The van der Waals surface area contributed by atoms with Crippen molar-refractivity contribution < 1.29 is 19.0 Å². The first kappa shape index (κ1) is 20.3. The van der Waals surface area contributed by atoms with E-state index in [4.69, 9.17) is 19.9 Å². The van der Waals surface area contributed by atoms with Gasteiger partial charge in [0.15, 0.2) is 17.3 Å². The highest BCUT2D eigenvalue weighted by Gasteiger charge is 2.22. The van der Waals surface area contributed by atoms with Crippen molar-refractivity contribution in [1.29, 1.82) is 0 Å². The monoisotopic (exact) mass is 395 g/mol. The molecule has 0 fully saturated rings. The maximum Gasteiger partial charge on any atom is 0.203 e. The van der Waals surface area contributed by atoms with Crippen LogP contribution in [-0.4, -0.2) is 36.9 Å². The van der Waals surface area contributed by atoms with Crippen LogP contribution in [0.1, 0.15) is 41.3 Å². The van der Waals surface area contributed by atoms with E-state index >= 15 is 0 Å². The maximum absolute atomic E-state index is 13.1. The number of methoxy groups -OCH3 is 3. The second-order valence-corrected chi connectivity index (χ2v) is 6.84. The van der Waals surface area contributed by atoms with E-state index in [1.165, 1.54) is 33.1 Å². The number of ether oxygens (including phenoxy) is 3. The second-order valence-electron chi connectivity index (χ2n) is 6.84. The lowest BCUT2D eigenvalue weighted by Gasteiger charge is -2.13. The molecule has 0 aliphatic carbocycles. The quantitative estimate of drug-likeness (QED) is 0.612. The van der Waals surface area contributed by atoms with Gasteiger partial charge in [0.25, 0.3) is 0 Å². The Bertz CT molecular complexity index is 998. The first-order valence-corrected chi connectivity index (χ1v) is 9.19. The van der Waals surface area contributed by atoms with E-state index in [0.29, 0.717) is 34.3 Å². The minimum atomic E-state index is -0.285. The molecule has 0 radical (unpaired) electrons. The largest absolute Gasteiger partial charge is 0.493 e. The maximum atomic E-state index is 13.1. The first-order valence-electron chi connectivity index (χ1n) is 9.19. The van der Waals surface area contributed by atoms with Gasteiger partial charge in [-0.15, -0.1) is 0 Å². The van der Waals surface area contributed by atoms with Gasteiger partial charge in [0.05, 0.1) is 38.8 Å². The molecule has 1 heterocycles. The van der Waals surface area contributed by atoms with Crippen LogP contribution in [0.5, 0.6) is 17.2 Å². The van der Waals surface area contributed by atoms with E-state index in [1.54, 1.807) is 16.8 Å². The Morgan fingerprint density at radius 1 is 1.00 bits per heavy atom. The van der Waals surface area contributed by atoms with Crippen LogP contribution >= 0.6 is 0 Å². The van der Waals surface area contributed by atoms with E-state index in [9.17, 15) is 4.79 Å². The third-order valence-electron chi connectivity index (χ3n) is 4.78. The molecule has 0 spiro atoms. The lowest BCUT2D eigenvalue weighted by Crippen LogP contribution is -2.08. The number of nitrogen functional groups attached to an aromatic ring is 1. The van der Waals surface area contributed by atoms with Crippen molar-refractivity contribution in [3.8, 4) is 22.9 Å². The number of hydrogen-bond donors (Lipinski definition) is 1. The van der Waals surface area contributed by atoms with Crippen LogP contribution < -0.4 is 19.9 Å². The second kappa shape index (κ2) is 8.26. The van der Waals surface area contributed by atoms with E-state index < -0.39 is 0 Å². The molecule has 2 aromatic carbocycles. The lowest BCUT2D eigenvalue weighted by atomic mass is 10.0. The summed E-state index contributed by atoms with van der Waals surface area (Å²) >= 11 is 0. The van der Waals surface area contributed by atoms with Gasteiger partial charge >= 0.3 is 0 Å². The molecule has 3 aromatic rings. The number of carbonyl (C=O) groups excluding carboxylic acids is 1. The molecule has 0 bridgehead atoms. The lowest BCUT2D eigenvalue weighted by molar-refractivity contribution is 0.103. The molecule has 29 heavy (non-hydrogen) atoms. The van der Waals surface area contributed by atoms with Crippen molar-refractivity contribution >= 4 is 11.6 Å². The Labute approximate surface area is 170 Å². The van der Waals surface area contributed by atoms with E-state index in [0.717, 1.165) is 5.69 Å². The molecule has 0 saturated heterocycles. The average molecular weight is 395 g/mol. The van der Waals surface area contributed by atoms with Crippen molar-refractivity contribution in [3.05, 3.63) is 59.3 Å². The molecule has 3 rings (SSSR count). The number of hydrogen-bond acceptors (Lipinski definition) is 6. The number of anilines is 1. The molecule has 0 aliphatic heterocycles. The molecule has 152 valence electrons. The number of benzene rings is 2. The number of aromatic nitrogens is 2. The minimum Gasteiger partial charge on any atom is -0.493 e. The zero-order valence-corrected chi connectivity index (χ0v) is 17.2. The highest BCUT2D eigenvalue weighted by atomic mass is 16.5. The molecule has 0 aliphatic rings. The van der Waals surface area contributed by atoms with Gasteiger partial charge in [-0.3, -0.25) is 4.79 Å². The van der Waals surface area contributed by atoms with Crippen LogP contribution in [-0.2, 0) is 0 Å². The standard InChI is InChI=1S/C22H25N3O4/c1-13(2)14-6-8-16(9-7-14)25-22(23)17(12-24-25)20(26)15-10-18(27-3)21(29-5)19(11-15)28-4/h6-13H,23H2,1-5H3. The fraction of sp³-hybridized carbons (Fsp3) is 0.273. The summed E-state index contributed by atoms with van der Waals surface area (Å²) < 4.78 is 17.5. The van der Waals surface area contributed by atoms with Crippen molar-refractivity contribution in [1.82, 2.24) is 9.78 Å². The zero-order chi connectivity index (χ0) is 21.1. The summed E-state index contributed by atoms with van der Waals surface area (Å²) in [5.74, 6) is 1.61. The number of rotatable bonds is 7. The molecule has 0 unspecified atom stereocenters. The van der Waals surface area contributed by atoms with Gasteiger partial charge in [0, 0.05) is 5.56 Å². The smallest absolute Gasteiger partial charge is 0.203 e. The summed E-state index contributed by atoms with van der Waals surface area (Å²) in [4.78, 5) is 13.1. The zero-order valence-electron chi connectivity index (χ0n) is 17.2. The normalized spacial score (nSPS) is 10.8. The highest BCUT2D eigenvalue weighted by Crippen LogP contribution is 2.39. The summed E-state index contributed by atoms with van der Waals surface area (Å²) in [6.45, 7) is 4.26. The van der Waals surface area contributed by atoms with Crippen LogP contribution in [0.4, 0.5) is 5.82 Å². The molecule has 0 saturated carbocycles. The van der Waals surface area contributed by atoms with Gasteiger partial charge < -0.3 is 19.9 Å². The molecule has 2 N–H and O–H groups in total. The van der Waals surface area contributed by atoms with Gasteiger partial charge in [-0.2, -0.15) is 5.10 Å². The van der Waals surface area contributed by atoms with Crippen molar-refractivity contribution in [2.45, 2.75) is 19.8 Å². The molecular formula is C22H25N3O4. The predicted molar refractivity (Wildman–Crippen MR) is 112 cm³/mol. The number of ketones is 1. The topological polar surface area (TPSA) is 88.6 Å². The average Bonchev–Trinajstić information content (AvgIpc) is 3.13. The molecular weight excluding hydrogens is 370 g/mol. The SMILES string of the molecule is COc1cc(C(=O)c2cnn(-c3ccc(C(C)C)cc3)c2N)cc(OC)c1OC. The van der Waals surface area contributed by atoms with Crippen LogP contribution in [0.15, 0.2) is 42.6 Å². The van der Waals surface area contributed by atoms with Gasteiger partial charge in [-0.1, -0.05) is 26.0 Å². The van der Waals surface area contributed by atoms with Crippen molar-refractivity contribution in [3.63, 3.8) is 0 Å². The molecule has 0 amide bonds. The van der Waals surface area contributed by atoms with Gasteiger partial charge in [-0.25, -0.2) is 4.68 Å². The fourth-order valence-electron chi connectivity index (χ4n) is 3.11. The van der Waals surface area contributed by atoms with Gasteiger partial charge in [0.1, 0.15) is 5.82 Å². The molecule has 7 heteroatoms. The number of nitrogens with two attached hydrogens (primary N) is 1. The molecule has 1 aromatic heterocycles. The molecule has 7 nitrogen and oxygen atoms in total. The van der Waals surface area contributed by atoms with Gasteiger partial charge in [-0.05, 0) is 35.7 Å². The first-order chi connectivity index (χ1) is 13.9. The fourth-order valence-corrected chi connectivity index (χ4v) is 3.11. The Morgan fingerprint density at radius 3 is 2.07 bits per heavy atom. The number of carbonyl (C=O) groups is 1. The summed E-state index contributed by atoms with van der Waals surface area (Å²) in [5, 5.41) is 4.31. The third-order valence-corrected chi connectivity index (χ3v) is 4.78. The third kappa shape index (κ3) is 3.76. The predicted octanol–water partition coefficient (Wildman–Crippen LogP) is 3.83. The van der Waals surface area contributed by atoms with Crippen LogP contribution in [0.2, 0.25) is 0 Å². The summed E-state index contributed by atoms with van der Waals surface area (Å²) in [6.07, 6.45) is 1.47. The van der Waals surface area contributed by atoms with Crippen molar-refractivity contribution in [2.75, 3.05) is 27.1 Å². The summed E-state index contributed by atoms with van der Waals surface area (Å²) in [7, 11) is 4.51. The Kier molecular flexibility index (Phi) is 5.77. The summed E-state index contributed by atoms with van der Waals surface area (Å²) in [6, 6.07) is 11.1. The Hall–Kier alpha value is -3.48. The van der Waals surface area contributed by atoms with E-state index in [2.05, 4.69) is 18.9 Å². The Balaban J connectivity index is 1.99.